The summed E-state index contributed by atoms with van der Waals surface area (Å²) in [4.78, 5) is 35.8. The topological polar surface area (TPSA) is 159 Å². The Labute approximate surface area is 182 Å². The number of esters is 1. The molecule has 0 aromatic carbocycles. The van der Waals surface area contributed by atoms with E-state index in [0.717, 1.165) is 6.42 Å². The summed E-state index contributed by atoms with van der Waals surface area (Å²) in [5.74, 6) is -0.514. The summed E-state index contributed by atoms with van der Waals surface area (Å²) in [6.45, 7) is 8.12. The quantitative estimate of drug-likeness (QED) is 0.128. The number of carbonyl (C=O) groups excluding carboxylic acids is 2. The molecule has 3 N–H and O–H groups in total. The molecule has 31 heavy (non-hydrogen) atoms. The first-order valence-electron chi connectivity index (χ1n) is 10.6. The number of ether oxygens (including phenoxy) is 3. The number of nitrogens with one attached hydrogen (secondary N) is 1. The van der Waals surface area contributed by atoms with E-state index in [2.05, 4.69) is 10.4 Å². The van der Waals surface area contributed by atoms with E-state index in [4.69, 9.17) is 19.9 Å². The SMILES string of the molecule is CCOC(=O)CCCCCOC1[C@@H](NC(=O)OC(C)(C)C)CCCN1/C(N)=N/[N+](=O)[O-]. The summed E-state index contributed by atoms with van der Waals surface area (Å²) in [5, 5.41) is 15.8. The van der Waals surface area contributed by atoms with Crippen molar-refractivity contribution in [3.63, 3.8) is 0 Å². The number of hydrogen-bond acceptors (Lipinski definition) is 7. The van der Waals surface area contributed by atoms with Crippen LogP contribution in [0.4, 0.5) is 4.79 Å². The lowest BCUT2D eigenvalue weighted by atomic mass is 10.0. The zero-order valence-electron chi connectivity index (χ0n) is 18.8. The maximum atomic E-state index is 12.2. The van der Waals surface area contributed by atoms with Crippen molar-refractivity contribution in [1.29, 1.82) is 0 Å². The Morgan fingerprint density at radius 2 is 2.00 bits per heavy atom. The van der Waals surface area contributed by atoms with Gasteiger partial charge in [0.15, 0.2) is 11.3 Å². The van der Waals surface area contributed by atoms with E-state index in [1.807, 2.05) is 0 Å². The second kappa shape index (κ2) is 12.9. The summed E-state index contributed by atoms with van der Waals surface area (Å²) in [5.41, 5.74) is 5.14. The van der Waals surface area contributed by atoms with Gasteiger partial charge in [0.1, 0.15) is 10.7 Å². The molecular formula is C19H35N5O7. The van der Waals surface area contributed by atoms with E-state index in [1.54, 1.807) is 27.7 Å². The highest BCUT2D eigenvalue weighted by Crippen LogP contribution is 2.20. The Hall–Kier alpha value is -2.63. The minimum Gasteiger partial charge on any atom is -0.466 e. The van der Waals surface area contributed by atoms with Crippen molar-refractivity contribution in [3.8, 4) is 0 Å². The smallest absolute Gasteiger partial charge is 0.408 e. The average molecular weight is 446 g/mol. The number of piperidine rings is 1. The van der Waals surface area contributed by atoms with Crippen molar-refractivity contribution < 1.29 is 28.8 Å². The fraction of sp³-hybridized carbons (Fsp3) is 0.842. The Kier molecular flexibility index (Phi) is 11.0. The molecule has 0 spiro atoms. The number of likely N-dealkylation sites (tertiary alicyclic amines) is 1. The molecule has 178 valence electrons. The molecule has 0 saturated carbocycles. The summed E-state index contributed by atoms with van der Waals surface area (Å²) in [6, 6.07) is -0.483. The van der Waals surface area contributed by atoms with Gasteiger partial charge < -0.3 is 30.2 Å². The van der Waals surface area contributed by atoms with Gasteiger partial charge in [0.05, 0.1) is 12.6 Å². The summed E-state index contributed by atoms with van der Waals surface area (Å²) >= 11 is 0. The third-order valence-electron chi connectivity index (χ3n) is 4.37. The van der Waals surface area contributed by atoms with Crippen molar-refractivity contribution in [2.75, 3.05) is 19.8 Å². The van der Waals surface area contributed by atoms with Crippen LogP contribution < -0.4 is 11.1 Å². The van der Waals surface area contributed by atoms with Crippen LogP contribution in [0.2, 0.25) is 0 Å². The molecule has 1 aliphatic rings. The van der Waals surface area contributed by atoms with Gasteiger partial charge in [-0.05, 0) is 53.4 Å². The van der Waals surface area contributed by atoms with Crippen LogP contribution in [-0.4, -0.2) is 65.6 Å². The molecule has 1 saturated heterocycles. The highest BCUT2D eigenvalue weighted by Gasteiger charge is 2.36. The van der Waals surface area contributed by atoms with Crippen LogP contribution >= 0.6 is 0 Å². The van der Waals surface area contributed by atoms with Crippen LogP contribution in [0.5, 0.6) is 0 Å². The predicted octanol–water partition coefficient (Wildman–Crippen LogP) is 1.95. The number of hydrogen-bond donors (Lipinski definition) is 2. The fourth-order valence-electron chi connectivity index (χ4n) is 3.15. The second-order valence-corrected chi connectivity index (χ2v) is 8.16. The number of guanidine groups is 1. The highest BCUT2D eigenvalue weighted by atomic mass is 16.7. The second-order valence-electron chi connectivity index (χ2n) is 8.16. The normalized spacial score (nSPS) is 19.6. The standard InChI is InChI=1S/C19H35N5O7/c1-5-29-15(25)11-7-6-8-13-30-16-14(21-18(26)31-19(2,3)4)10-9-12-23(16)17(20)22-24(27)28/h14,16H,5-13H2,1-4H3,(H2,20,22)(H,21,26)/t14-,16?/m0/s1. The fourth-order valence-corrected chi connectivity index (χ4v) is 3.15. The first-order chi connectivity index (χ1) is 14.5. The number of hydrazone groups is 1. The van der Waals surface area contributed by atoms with Gasteiger partial charge >= 0.3 is 12.1 Å². The molecule has 1 rings (SSSR count). The highest BCUT2D eigenvalue weighted by molar-refractivity contribution is 5.78. The molecule has 1 aliphatic heterocycles. The molecule has 0 aromatic heterocycles. The van der Waals surface area contributed by atoms with Crippen LogP contribution in [0.3, 0.4) is 0 Å². The molecule has 0 bridgehead atoms. The molecule has 1 heterocycles. The minimum atomic E-state index is -0.868. The Balaban J connectivity index is 2.71. The molecule has 12 heteroatoms. The maximum Gasteiger partial charge on any atom is 0.408 e. The van der Waals surface area contributed by atoms with Crippen molar-refractivity contribution >= 4 is 18.0 Å². The van der Waals surface area contributed by atoms with Crippen LogP contribution in [0.1, 0.15) is 66.2 Å². The van der Waals surface area contributed by atoms with Gasteiger partial charge in [-0.1, -0.05) is 6.42 Å². The lowest BCUT2D eigenvalue weighted by molar-refractivity contribution is -0.486. The number of amides is 1. The van der Waals surface area contributed by atoms with Crippen molar-refractivity contribution in [2.45, 2.75) is 84.1 Å². The van der Waals surface area contributed by atoms with Crippen molar-refractivity contribution in [3.05, 3.63) is 10.1 Å². The lowest BCUT2D eigenvalue weighted by Crippen LogP contribution is -2.60. The van der Waals surface area contributed by atoms with Gasteiger partial charge in [-0.25, -0.2) is 14.9 Å². The van der Waals surface area contributed by atoms with Gasteiger partial charge in [-0.15, -0.1) is 0 Å². The lowest BCUT2D eigenvalue weighted by Gasteiger charge is -2.41. The number of alkyl carbamates (subject to hydrolysis) is 1. The van der Waals surface area contributed by atoms with Crippen molar-refractivity contribution in [1.82, 2.24) is 10.2 Å². The molecule has 1 unspecified atom stereocenters. The van der Waals surface area contributed by atoms with Gasteiger partial charge in [0.25, 0.3) is 5.96 Å². The van der Waals surface area contributed by atoms with Crippen molar-refractivity contribution in [2.24, 2.45) is 10.8 Å². The molecule has 12 nitrogen and oxygen atoms in total. The number of unbranched alkanes of at least 4 members (excludes halogenated alkanes) is 2. The molecule has 2 atom stereocenters. The maximum absolute atomic E-state index is 12.2. The summed E-state index contributed by atoms with van der Waals surface area (Å²) < 4.78 is 16.2. The third kappa shape index (κ3) is 10.8. The van der Waals surface area contributed by atoms with Crippen LogP contribution in [-0.2, 0) is 19.0 Å². The number of nitrogens with zero attached hydrogens (tertiary/aromatic N) is 3. The molecule has 0 aromatic rings. The van der Waals surface area contributed by atoms with E-state index in [0.29, 0.717) is 51.9 Å². The van der Waals surface area contributed by atoms with Crippen LogP contribution in [0.15, 0.2) is 5.10 Å². The zero-order chi connectivity index (χ0) is 23.4. The minimum absolute atomic E-state index is 0.229. The van der Waals surface area contributed by atoms with E-state index in [-0.39, 0.29) is 11.9 Å². The van der Waals surface area contributed by atoms with Crippen LogP contribution in [0, 0.1) is 10.1 Å². The van der Waals surface area contributed by atoms with Gasteiger partial charge in [0, 0.05) is 19.6 Å². The monoisotopic (exact) mass is 445 g/mol. The van der Waals surface area contributed by atoms with E-state index in [9.17, 15) is 19.7 Å². The Morgan fingerprint density at radius 3 is 2.61 bits per heavy atom. The predicted molar refractivity (Wildman–Crippen MR) is 113 cm³/mol. The van der Waals surface area contributed by atoms with Gasteiger partial charge in [-0.2, -0.15) is 0 Å². The Morgan fingerprint density at radius 1 is 1.29 bits per heavy atom. The zero-order valence-corrected chi connectivity index (χ0v) is 18.8. The molecule has 0 radical (unpaired) electrons. The number of nitro groups is 1. The first-order valence-corrected chi connectivity index (χ1v) is 10.6. The Bertz CT molecular complexity index is 636. The average Bonchev–Trinajstić information content (AvgIpc) is 2.63. The summed E-state index contributed by atoms with van der Waals surface area (Å²) in [7, 11) is 0. The summed E-state index contributed by atoms with van der Waals surface area (Å²) in [6.07, 6.45) is 2.31. The van der Waals surface area contributed by atoms with Gasteiger partial charge in [0.2, 0.25) is 0 Å². The van der Waals surface area contributed by atoms with E-state index in [1.165, 1.54) is 4.90 Å². The molecular weight excluding hydrogens is 410 g/mol. The molecule has 1 amide bonds. The number of nitrogens with two attached hydrogens (primary N) is 1. The van der Waals surface area contributed by atoms with Crippen LogP contribution in [0.25, 0.3) is 0 Å². The molecule has 1 fully saturated rings. The van der Waals surface area contributed by atoms with E-state index < -0.39 is 29.0 Å². The number of carbonyl (C=O) groups is 2. The largest absolute Gasteiger partial charge is 0.466 e. The van der Waals surface area contributed by atoms with E-state index >= 15 is 0 Å². The first kappa shape index (κ1) is 26.4. The number of rotatable bonds is 10. The van der Waals surface area contributed by atoms with Gasteiger partial charge in [-0.3, -0.25) is 4.79 Å². The molecule has 0 aliphatic carbocycles. The third-order valence-corrected chi connectivity index (χ3v) is 4.37.